The van der Waals surface area contributed by atoms with E-state index >= 15 is 0 Å². The van der Waals surface area contributed by atoms with Gasteiger partial charge in [-0.25, -0.2) is 4.98 Å². The van der Waals surface area contributed by atoms with Crippen LogP contribution in [0, 0.1) is 6.92 Å². The zero-order valence-electron chi connectivity index (χ0n) is 24.6. The maximum Gasteiger partial charge on any atom is 0.417 e. The van der Waals surface area contributed by atoms with Gasteiger partial charge in [-0.15, -0.1) is 11.3 Å². The summed E-state index contributed by atoms with van der Waals surface area (Å²) < 4.78 is 39.2. The largest absolute Gasteiger partial charge is 0.417 e. The molecule has 2 aromatic carbocycles. The first kappa shape index (κ1) is 32.3. The van der Waals surface area contributed by atoms with Crippen LogP contribution < -0.4 is 10.6 Å². The molecule has 1 aliphatic rings. The lowest BCUT2D eigenvalue weighted by Crippen LogP contribution is -2.48. The number of aryl methyl sites for hydroxylation is 1. The van der Waals surface area contributed by atoms with Crippen molar-refractivity contribution in [1.82, 2.24) is 25.5 Å². The Kier molecular flexibility index (Phi) is 10.3. The second kappa shape index (κ2) is 14.3. The summed E-state index contributed by atoms with van der Waals surface area (Å²) in [7, 11) is 0. The predicted molar refractivity (Wildman–Crippen MR) is 165 cm³/mol. The molecular formula is C33H34F3N5O3S. The van der Waals surface area contributed by atoms with Crippen molar-refractivity contribution in [3.63, 3.8) is 0 Å². The molecule has 1 aliphatic carbocycles. The third-order valence-electron chi connectivity index (χ3n) is 7.48. The number of pyridine rings is 1. The van der Waals surface area contributed by atoms with E-state index in [4.69, 9.17) is 0 Å². The van der Waals surface area contributed by atoms with E-state index in [1.807, 2.05) is 47.5 Å². The quantitative estimate of drug-likeness (QED) is 0.187. The van der Waals surface area contributed by atoms with Gasteiger partial charge in [0.2, 0.25) is 0 Å². The molecule has 1 saturated carbocycles. The van der Waals surface area contributed by atoms with Gasteiger partial charge >= 0.3 is 6.18 Å². The summed E-state index contributed by atoms with van der Waals surface area (Å²) in [6, 6.07) is 16.3. The minimum Gasteiger partial charge on any atom is -0.390 e. The van der Waals surface area contributed by atoms with Crippen molar-refractivity contribution >= 4 is 23.2 Å². The Morgan fingerprint density at radius 2 is 1.80 bits per heavy atom. The van der Waals surface area contributed by atoms with Crippen molar-refractivity contribution in [3.05, 3.63) is 117 Å². The molecule has 0 unspecified atom stereocenters. The van der Waals surface area contributed by atoms with Gasteiger partial charge in [-0.3, -0.25) is 14.6 Å². The van der Waals surface area contributed by atoms with E-state index in [2.05, 4.69) is 20.6 Å². The first-order chi connectivity index (χ1) is 21.6. The second-order valence-electron chi connectivity index (χ2n) is 11.2. The van der Waals surface area contributed by atoms with Gasteiger partial charge < -0.3 is 20.6 Å². The number of amides is 2. The predicted octanol–water partition coefficient (Wildman–Crippen LogP) is 5.16. The third-order valence-corrected chi connectivity index (χ3v) is 8.43. The minimum atomic E-state index is -4.51. The Bertz CT molecular complexity index is 1610. The number of hydrogen-bond acceptors (Lipinski definition) is 7. The van der Waals surface area contributed by atoms with E-state index in [0.717, 1.165) is 41.4 Å². The molecule has 2 amide bonds. The van der Waals surface area contributed by atoms with Crippen LogP contribution >= 0.6 is 11.3 Å². The van der Waals surface area contributed by atoms with Crippen LogP contribution in [0.3, 0.4) is 0 Å². The number of halogens is 3. The smallest absolute Gasteiger partial charge is 0.390 e. The highest BCUT2D eigenvalue weighted by Gasteiger charge is 2.34. The van der Waals surface area contributed by atoms with Crippen LogP contribution in [-0.4, -0.2) is 56.5 Å². The van der Waals surface area contributed by atoms with E-state index in [1.165, 1.54) is 17.5 Å². The molecule has 45 heavy (non-hydrogen) atoms. The van der Waals surface area contributed by atoms with Gasteiger partial charge in [-0.2, -0.15) is 13.2 Å². The van der Waals surface area contributed by atoms with Gasteiger partial charge in [0.1, 0.15) is 5.01 Å². The fraction of sp³-hybridized carbons (Fsp3) is 0.333. The van der Waals surface area contributed by atoms with Gasteiger partial charge in [-0.1, -0.05) is 36.4 Å². The van der Waals surface area contributed by atoms with E-state index in [9.17, 15) is 27.9 Å². The standard InChI is InChI=1S/C33H34F3N5O3S/c1-21-20-45-30(39-21)19-41(27-10-11-27)32(44)25-9-5-8-24(14-25)31(43)40-28(13-22-6-3-2-4-7-22)29(42)18-38-16-23-12-26(17-37-15-23)33(34,35)36/h2-9,12,14-15,17,20,27-29,38,42H,10-11,13,16,18-19H2,1H3,(H,40,43)/t28-,29+/m0/s1. The highest BCUT2D eigenvalue weighted by molar-refractivity contribution is 7.09. The van der Waals surface area contributed by atoms with Gasteiger partial charge in [0.25, 0.3) is 11.8 Å². The SMILES string of the molecule is Cc1csc(CN(C(=O)c2cccc(C(=O)N[C@@H](Cc3ccccc3)[C@H](O)CNCc3cncc(C(F)(F)F)c3)c2)C2CC2)n1. The molecule has 0 radical (unpaired) electrons. The van der Waals surface area contributed by atoms with Crippen molar-refractivity contribution in [3.8, 4) is 0 Å². The number of benzene rings is 2. The van der Waals surface area contributed by atoms with Crippen LogP contribution in [0.25, 0.3) is 0 Å². The number of aliphatic hydroxyl groups is 1. The molecule has 3 N–H and O–H groups in total. The molecule has 8 nitrogen and oxygen atoms in total. The number of rotatable bonds is 13. The summed E-state index contributed by atoms with van der Waals surface area (Å²) >= 11 is 1.51. The highest BCUT2D eigenvalue weighted by Crippen LogP contribution is 2.31. The lowest BCUT2D eigenvalue weighted by atomic mass is 10.00. The zero-order valence-corrected chi connectivity index (χ0v) is 25.4. The van der Waals surface area contributed by atoms with Crippen LogP contribution in [0.15, 0.2) is 78.4 Å². The molecule has 12 heteroatoms. The number of thiazole rings is 1. The first-order valence-electron chi connectivity index (χ1n) is 14.6. The normalized spacial score (nSPS) is 14.5. The molecule has 4 aromatic rings. The van der Waals surface area contributed by atoms with Crippen molar-refractivity contribution < 1.29 is 27.9 Å². The Hall–Kier alpha value is -4.13. The Morgan fingerprint density at radius 3 is 2.49 bits per heavy atom. The second-order valence-corrected chi connectivity index (χ2v) is 12.1. The van der Waals surface area contributed by atoms with Crippen LogP contribution in [-0.2, 0) is 25.7 Å². The Labute approximate surface area is 263 Å². The molecule has 5 rings (SSSR count). The molecule has 0 aliphatic heterocycles. The summed E-state index contributed by atoms with van der Waals surface area (Å²) in [6.45, 7) is 2.37. The Balaban J connectivity index is 1.26. The van der Waals surface area contributed by atoms with Crippen molar-refractivity contribution in [2.75, 3.05) is 6.54 Å². The molecule has 2 atom stereocenters. The average Bonchev–Trinajstić information content (AvgIpc) is 3.79. The molecule has 0 saturated heterocycles. The van der Waals surface area contributed by atoms with Crippen molar-refractivity contribution in [2.45, 2.75) is 63.6 Å². The van der Waals surface area contributed by atoms with E-state index in [1.54, 1.807) is 24.3 Å². The van der Waals surface area contributed by atoms with Crippen LogP contribution in [0.2, 0.25) is 0 Å². The van der Waals surface area contributed by atoms with E-state index in [0.29, 0.717) is 24.1 Å². The lowest BCUT2D eigenvalue weighted by molar-refractivity contribution is -0.137. The monoisotopic (exact) mass is 637 g/mol. The minimum absolute atomic E-state index is 0.000863. The lowest BCUT2D eigenvalue weighted by Gasteiger charge is -2.25. The van der Waals surface area contributed by atoms with Gasteiger partial charge in [-0.05, 0) is 61.6 Å². The number of carbonyl (C=O) groups excluding carboxylic acids is 2. The van der Waals surface area contributed by atoms with E-state index < -0.39 is 29.8 Å². The maximum atomic E-state index is 13.6. The number of alkyl halides is 3. The molecule has 0 bridgehead atoms. The van der Waals surface area contributed by atoms with Gasteiger partial charge in [0, 0.05) is 53.7 Å². The number of aromatic nitrogens is 2. The molecule has 2 heterocycles. The van der Waals surface area contributed by atoms with Crippen LogP contribution in [0.1, 0.15) is 60.9 Å². The maximum absolute atomic E-state index is 13.6. The fourth-order valence-electron chi connectivity index (χ4n) is 4.98. The molecular weight excluding hydrogens is 603 g/mol. The van der Waals surface area contributed by atoms with E-state index in [-0.39, 0.29) is 30.6 Å². The fourth-order valence-corrected chi connectivity index (χ4v) is 5.75. The summed E-state index contributed by atoms with van der Waals surface area (Å²) in [4.78, 5) is 37.0. The number of aliphatic hydroxyl groups excluding tert-OH is 1. The number of hydrogen-bond donors (Lipinski definition) is 3. The summed E-state index contributed by atoms with van der Waals surface area (Å²) in [6.07, 6.45) is -1.34. The Morgan fingerprint density at radius 1 is 1.04 bits per heavy atom. The molecule has 0 spiro atoms. The van der Waals surface area contributed by atoms with Gasteiger partial charge in [0.15, 0.2) is 0 Å². The number of nitrogens with zero attached hydrogens (tertiary/aromatic N) is 3. The van der Waals surface area contributed by atoms with Crippen LogP contribution in [0.4, 0.5) is 13.2 Å². The summed E-state index contributed by atoms with van der Waals surface area (Å²) in [5.41, 5.74) is 1.91. The van der Waals surface area contributed by atoms with Crippen molar-refractivity contribution in [2.24, 2.45) is 0 Å². The zero-order chi connectivity index (χ0) is 32.0. The molecule has 2 aromatic heterocycles. The van der Waals surface area contributed by atoms with Crippen molar-refractivity contribution in [1.29, 1.82) is 0 Å². The molecule has 1 fully saturated rings. The summed E-state index contributed by atoms with van der Waals surface area (Å²) in [5.74, 6) is -0.630. The average molecular weight is 638 g/mol. The summed E-state index contributed by atoms with van der Waals surface area (Å²) in [5, 5.41) is 19.8. The van der Waals surface area contributed by atoms with Gasteiger partial charge in [0.05, 0.1) is 24.3 Å². The topological polar surface area (TPSA) is 107 Å². The number of carbonyl (C=O) groups is 2. The third kappa shape index (κ3) is 8.96. The number of nitrogens with one attached hydrogen (secondary N) is 2. The van der Waals surface area contributed by atoms with Crippen LogP contribution in [0.5, 0.6) is 0 Å². The first-order valence-corrected chi connectivity index (χ1v) is 15.5. The highest BCUT2D eigenvalue weighted by atomic mass is 32.1. The molecule has 236 valence electrons.